The predicted molar refractivity (Wildman–Crippen MR) is 60.1 cm³/mol. The van der Waals surface area contributed by atoms with Gasteiger partial charge in [-0.05, 0) is 29.8 Å². The van der Waals surface area contributed by atoms with Crippen molar-refractivity contribution in [3.8, 4) is 0 Å². The van der Waals surface area contributed by atoms with E-state index in [0.717, 1.165) is 12.6 Å². The Morgan fingerprint density at radius 3 is 2.81 bits per heavy atom. The molecule has 0 saturated carbocycles. The van der Waals surface area contributed by atoms with E-state index in [9.17, 15) is 12.8 Å². The summed E-state index contributed by atoms with van der Waals surface area (Å²) in [6.07, 6.45) is 0. The van der Waals surface area contributed by atoms with Crippen LogP contribution < -0.4 is 5.32 Å². The SMILES string of the molecule is CCNCC1=CS(=O)(=O)c2cc(F)ccc21. The Bertz CT molecular complexity index is 549. The van der Waals surface area contributed by atoms with Crippen molar-refractivity contribution < 1.29 is 12.8 Å². The van der Waals surface area contributed by atoms with Crippen LogP contribution in [0.5, 0.6) is 0 Å². The molecule has 2 rings (SSSR count). The van der Waals surface area contributed by atoms with Gasteiger partial charge in [0, 0.05) is 12.0 Å². The van der Waals surface area contributed by atoms with Gasteiger partial charge in [-0.3, -0.25) is 0 Å². The molecule has 0 aliphatic carbocycles. The summed E-state index contributed by atoms with van der Waals surface area (Å²) in [6.45, 7) is 3.18. The molecule has 5 heteroatoms. The Morgan fingerprint density at radius 1 is 1.38 bits per heavy atom. The molecule has 0 fully saturated rings. The second-order valence-corrected chi connectivity index (χ2v) is 5.37. The van der Waals surface area contributed by atoms with Crippen molar-refractivity contribution in [1.29, 1.82) is 0 Å². The van der Waals surface area contributed by atoms with E-state index in [2.05, 4.69) is 5.32 Å². The number of nitrogens with one attached hydrogen (secondary N) is 1. The van der Waals surface area contributed by atoms with Crippen LogP contribution >= 0.6 is 0 Å². The Balaban J connectivity index is 2.48. The van der Waals surface area contributed by atoms with Gasteiger partial charge in [-0.1, -0.05) is 13.0 Å². The molecule has 1 aliphatic rings. The summed E-state index contributed by atoms with van der Waals surface area (Å²) in [5.74, 6) is -0.527. The van der Waals surface area contributed by atoms with Crippen molar-refractivity contribution in [1.82, 2.24) is 5.32 Å². The highest BCUT2D eigenvalue weighted by Crippen LogP contribution is 2.33. The van der Waals surface area contributed by atoms with E-state index in [-0.39, 0.29) is 4.90 Å². The predicted octanol–water partition coefficient (Wildman–Crippen LogP) is 1.56. The van der Waals surface area contributed by atoms with Crippen molar-refractivity contribution in [2.75, 3.05) is 13.1 Å². The zero-order valence-electron chi connectivity index (χ0n) is 8.83. The summed E-state index contributed by atoms with van der Waals surface area (Å²) in [5, 5.41) is 4.27. The first-order valence-electron chi connectivity index (χ1n) is 5.01. The van der Waals surface area contributed by atoms with Gasteiger partial charge >= 0.3 is 0 Å². The first kappa shape index (κ1) is 11.3. The van der Waals surface area contributed by atoms with E-state index in [1.165, 1.54) is 17.5 Å². The van der Waals surface area contributed by atoms with Gasteiger partial charge in [-0.25, -0.2) is 12.8 Å². The number of halogens is 1. The lowest BCUT2D eigenvalue weighted by molar-refractivity contribution is 0.599. The molecule has 0 saturated heterocycles. The van der Waals surface area contributed by atoms with Crippen LogP contribution in [0.2, 0.25) is 0 Å². The molecule has 1 aliphatic heterocycles. The van der Waals surface area contributed by atoms with Crippen LogP contribution in [0, 0.1) is 5.82 Å². The number of sulfone groups is 1. The lowest BCUT2D eigenvalue weighted by atomic mass is 10.1. The van der Waals surface area contributed by atoms with Crippen LogP contribution in [0.4, 0.5) is 4.39 Å². The summed E-state index contributed by atoms with van der Waals surface area (Å²) in [7, 11) is -3.45. The molecule has 0 unspecified atom stereocenters. The number of hydrogen-bond donors (Lipinski definition) is 1. The number of fused-ring (bicyclic) bond motifs is 1. The number of hydrogen-bond acceptors (Lipinski definition) is 3. The van der Waals surface area contributed by atoms with Crippen LogP contribution in [-0.2, 0) is 9.84 Å². The molecule has 1 N–H and O–H groups in total. The van der Waals surface area contributed by atoms with Gasteiger partial charge in [0.25, 0.3) is 0 Å². The van der Waals surface area contributed by atoms with Gasteiger partial charge in [0.05, 0.1) is 4.90 Å². The Hall–Kier alpha value is -1.20. The number of likely N-dealkylation sites (N-methyl/N-ethyl adjacent to an activating group) is 1. The molecule has 0 atom stereocenters. The van der Waals surface area contributed by atoms with E-state index in [1.807, 2.05) is 6.92 Å². The topological polar surface area (TPSA) is 46.2 Å². The zero-order valence-corrected chi connectivity index (χ0v) is 9.64. The lowest BCUT2D eigenvalue weighted by Gasteiger charge is -2.04. The molecule has 1 aromatic rings. The highest BCUT2D eigenvalue weighted by molar-refractivity contribution is 7.95. The van der Waals surface area contributed by atoms with Gasteiger partial charge in [0.2, 0.25) is 9.84 Å². The van der Waals surface area contributed by atoms with E-state index in [1.54, 1.807) is 0 Å². The quantitative estimate of drug-likeness (QED) is 0.873. The van der Waals surface area contributed by atoms with E-state index >= 15 is 0 Å². The lowest BCUT2D eigenvalue weighted by Crippen LogP contribution is -2.14. The summed E-state index contributed by atoms with van der Waals surface area (Å²) < 4.78 is 36.4. The van der Waals surface area contributed by atoms with Gasteiger partial charge in [0.1, 0.15) is 5.82 Å². The third kappa shape index (κ3) is 1.88. The van der Waals surface area contributed by atoms with Crippen LogP contribution in [0.25, 0.3) is 5.57 Å². The average Bonchev–Trinajstić information content (AvgIpc) is 2.48. The smallest absolute Gasteiger partial charge is 0.200 e. The molecular weight excluding hydrogens is 229 g/mol. The van der Waals surface area contributed by atoms with Crippen molar-refractivity contribution in [2.45, 2.75) is 11.8 Å². The molecular formula is C11H12FNO2S. The van der Waals surface area contributed by atoms with Crippen molar-refractivity contribution in [3.05, 3.63) is 35.0 Å². The molecule has 0 bridgehead atoms. The second kappa shape index (κ2) is 3.99. The summed E-state index contributed by atoms with van der Waals surface area (Å²) in [6, 6.07) is 3.86. The maximum absolute atomic E-state index is 13.0. The molecule has 1 heterocycles. The summed E-state index contributed by atoms with van der Waals surface area (Å²) >= 11 is 0. The molecule has 0 aromatic heterocycles. The van der Waals surface area contributed by atoms with E-state index < -0.39 is 15.7 Å². The summed E-state index contributed by atoms with van der Waals surface area (Å²) in [4.78, 5) is 0.0698. The van der Waals surface area contributed by atoms with Gasteiger partial charge in [0.15, 0.2) is 0 Å². The maximum atomic E-state index is 13.0. The van der Waals surface area contributed by atoms with Crippen LogP contribution in [0.15, 0.2) is 28.5 Å². The summed E-state index contributed by atoms with van der Waals surface area (Å²) in [5.41, 5.74) is 1.29. The molecule has 0 radical (unpaired) electrons. The van der Waals surface area contributed by atoms with E-state index in [4.69, 9.17) is 0 Å². The highest BCUT2D eigenvalue weighted by Gasteiger charge is 2.26. The highest BCUT2D eigenvalue weighted by atomic mass is 32.2. The third-order valence-corrected chi connectivity index (χ3v) is 4.00. The van der Waals surface area contributed by atoms with Gasteiger partial charge in [-0.15, -0.1) is 0 Å². The minimum atomic E-state index is -3.45. The van der Waals surface area contributed by atoms with Crippen molar-refractivity contribution >= 4 is 15.4 Å². The second-order valence-electron chi connectivity index (χ2n) is 3.61. The van der Waals surface area contributed by atoms with E-state index in [0.29, 0.717) is 17.7 Å². The van der Waals surface area contributed by atoms with Crippen LogP contribution in [0.1, 0.15) is 12.5 Å². The molecule has 0 spiro atoms. The Labute approximate surface area is 93.9 Å². The average molecular weight is 241 g/mol. The first-order valence-corrected chi connectivity index (χ1v) is 6.55. The van der Waals surface area contributed by atoms with Crippen molar-refractivity contribution in [3.63, 3.8) is 0 Å². The third-order valence-electron chi connectivity index (χ3n) is 2.46. The normalized spacial score (nSPS) is 17.0. The molecule has 3 nitrogen and oxygen atoms in total. The van der Waals surface area contributed by atoms with Crippen LogP contribution in [-0.4, -0.2) is 21.5 Å². The molecule has 86 valence electrons. The fourth-order valence-electron chi connectivity index (χ4n) is 1.71. The fourth-order valence-corrected chi connectivity index (χ4v) is 3.20. The standard InChI is InChI=1S/C11H12FNO2S/c1-2-13-6-8-7-16(14,15)11-5-9(12)3-4-10(8)11/h3-5,7,13H,2,6H2,1H3. The fraction of sp³-hybridized carbons (Fsp3) is 0.273. The minimum Gasteiger partial charge on any atom is -0.313 e. The van der Waals surface area contributed by atoms with Gasteiger partial charge < -0.3 is 5.32 Å². The van der Waals surface area contributed by atoms with Crippen molar-refractivity contribution in [2.24, 2.45) is 0 Å². The Kier molecular flexibility index (Phi) is 2.82. The minimum absolute atomic E-state index is 0.0698. The molecule has 0 amide bonds. The van der Waals surface area contributed by atoms with Crippen LogP contribution in [0.3, 0.4) is 0 Å². The first-order chi connectivity index (χ1) is 7.54. The molecule has 16 heavy (non-hydrogen) atoms. The number of benzene rings is 1. The van der Waals surface area contributed by atoms with Gasteiger partial charge in [-0.2, -0.15) is 0 Å². The number of rotatable bonds is 3. The Morgan fingerprint density at radius 2 is 2.12 bits per heavy atom. The monoisotopic (exact) mass is 241 g/mol. The maximum Gasteiger partial charge on any atom is 0.200 e. The largest absolute Gasteiger partial charge is 0.313 e. The zero-order chi connectivity index (χ0) is 11.8. The molecule has 1 aromatic carbocycles.